The van der Waals surface area contributed by atoms with E-state index in [2.05, 4.69) is 23.3 Å². The fraction of sp³-hybridized carbons (Fsp3) is 0.312. The van der Waals surface area contributed by atoms with Crippen LogP contribution in [0.2, 0.25) is 5.02 Å². The lowest BCUT2D eigenvalue weighted by atomic mass is 10.2. The van der Waals surface area contributed by atoms with Gasteiger partial charge >= 0.3 is 0 Å². The number of pyridine rings is 1. The minimum atomic E-state index is 0.470. The fourth-order valence-corrected chi connectivity index (χ4v) is 2.21. The molecule has 0 atom stereocenters. The van der Waals surface area contributed by atoms with E-state index in [9.17, 15) is 0 Å². The van der Waals surface area contributed by atoms with Gasteiger partial charge in [-0.2, -0.15) is 0 Å². The van der Waals surface area contributed by atoms with Gasteiger partial charge in [-0.15, -0.1) is 0 Å². The van der Waals surface area contributed by atoms with Crippen LogP contribution in [0.5, 0.6) is 5.75 Å². The number of nitrogens with one attached hydrogen (secondary N) is 1. The molecule has 0 spiro atoms. The highest BCUT2D eigenvalue weighted by molar-refractivity contribution is 6.32. The third-order valence-electron chi connectivity index (χ3n) is 2.93. The van der Waals surface area contributed by atoms with Crippen molar-refractivity contribution in [1.29, 1.82) is 0 Å². The molecule has 2 rings (SSSR count). The number of ether oxygens (including phenoxy) is 1. The Morgan fingerprint density at radius 1 is 1.30 bits per heavy atom. The smallest absolute Gasteiger partial charge is 0.142 e. The van der Waals surface area contributed by atoms with Crippen LogP contribution in [-0.2, 0) is 13.2 Å². The Morgan fingerprint density at radius 2 is 2.15 bits per heavy atom. The van der Waals surface area contributed by atoms with Crippen LogP contribution in [0.25, 0.3) is 0 Å². The number of para-hydroxylation sites is 1. The normalized spacial score (nSPS) is 10.6. The number of benzene rings is 1. The Balaban J connectivity index is 2.11. The molecule has 1 N–H and O–H groups in total. The topological polar surface area (TPSA) is 34.1 Å². The highest BCUT2D eigenvalue weighted by Gasteiger charge is 2.08. The van der Waals surface area contributed by atoms with E-state index < -0.39 is 0 Å². The minimum absolute atomic E-state index is 0.470. The molecular weight excluding hydrogens is 272 g/mol. The molecule has 0 unspecified atom stereocenters. The van der Waals surface area contributed by atoms with Gasteiger partial charge in [0.1, 0.15) is 12.4 Å². The van der Waals surface area contributed by atoms with Gasteiger partial charge in [0.15, 0.2) is 0 Å². The summed E-state index contributed by atoms with van der Waals surface area (Å²) >= 11 is 6.24. The van der Waals surface area contributed by atoms with E-state index in [-0.39, 0.29) is 0 Å². The molecule has 20 heavy (non-hydrogen) atoms. The SMILES string of the molecule is CCNCc1cccc(Cl)c1OCc1cncc(C)c1. The van der Waals surface area contributed by atoms with Gasteiger partial charge in [0, 0.05) is 30.1 Å². The van der Waals surface area contributed by atoms with Crippen molar-refractivity contribution < 1.29 is 4.74 Å². The highest BCUT2D eigenvalue weighted by atomic mass is 35.5. The van der Waals surface area contributed by atoms with E-state index in [1.165, 1.54) is 0 Å². The van der Waals surface area contributed by atoms with E-state index in [4.69, 9.17) is 16.3 Å². The maximum Gasteiger partial charge on any atom is 0.142 e. The van der Waals surface area contributed by atoms with Crippen molar-refractivity contribution in [2.45, 2.75) is 27.0 Å². The number of rotatable bonds is 6. The number of hydrogen-bond donors (Lipinski definition) is 1. The average Bonchev–Trinajstić information content (AvgIpc) is 2.44. The van der Waals surface area contributed by atoms with Gasteiger partial charge in [-0.25, -0.2) is 0 Å². The van der Waals surface area contributed by atoms with Gasteiger partial charge in [-0.3, -0.25) is 4.98 Å². The molecule has 4 heteroatoms. The summed E-state index contributed by atoms with van der Waals surface area (Å²) < 4.78 is 5.89. The van der Waals surface area contributed by atoms with E-state index >= 15 is 0 Å². The first kappa shape index (κ1) is 14.8. The molecule has 1 aromatic carbocycles. The Bertz CT molecular complexity index is 572. The lowest BCUT2D eigenvalue weighted by Gasteiger charge is -2.13. The quantitative estimate of drug-likeness (QED) is 0.880. The first-order chi connectivity index (χ1) is 9.70. The van der Waals surface area contributed by atoms with Crippen LogP contribution >= 0.6 is 11.6 Å². The Kier molecular flexibility index (Phi) is 5.39. The largest absolute Gasteiger partial charge is 0.487 e. The standard InChI is InChI=1S/C16H19ClN2O/c1-3-18-10-14-5-4-6-15(17)16(14)20-11-13-7-12(2)8-19-9-13/h4-9,18H,3,10-11H2,1-2H3. The van der Waals surface area contributed by atoms with Crippen molar-refractivity contribution in [3.63, 3.8) is 0 Å². The zero-order chi connectivity index (χ0) is 14.4. The molecule has 3 nitrogen and oxygen atoms in total. The summed E-state index contributed by atoms with van der Waals surface area (Å²) in [6.07, 6.45) is 3.64. The summed E-state index contributed by atoms with van der Waals surface area (Å²) in [7, 11) is 0. The van der Waals surface area contributed by atoms with Crippen molar-refractivity contribution in [1.82, 2.24) is 10.3 Å². The zero-order valence-corrected chi connectivity index (χ0v) is 12.6. The van der Waals surface area contributed by atoms with Crippen LogP contribution < -0.4 is 10.1 Å². The second-order valence-corrected chi connectivity index (χ2v) is 5.07. The molecule has 0 radical (unpaired) electrons. The summed E-state index contributed by atoms with van der Waals surface area (Å²) in [5, 5.41) is 3.93. The predicted octanol–water partition coefficient (Wildman–Crippen LogP) is 3.73. The van der Waals surface area contributed by atoms with E-state index in [0.29, 0.717) is 11.6 Å². The van der Waals surface area contributed by atoms with Crippen molar-refractivity contribution in [3.05, 3.63) is 58.4 Å². The van der Waals surface area contributed by atoms with Crippen LogP contribution in [0.3, 0.4) is 0 Å². The van der Waals surface area contributed by atoms with Gasteiger partial charge in [-0.05, 0) is 31.2 Å². The predicted molar refractivity (Wildman–Crippen MR) is 82.1 cm³/mol. The third-order valence-corrected chi connectivity index (χ3v) is 3.23. The fourth-order valence-electron chi connectivity index (χ4n) is 1.97. The van der Waals surface area contributed by atoms with Gasteiger partial charge in [0.2, 0.25) is 0 Å². The van der Waals surface area contributed by atoms with Crippen molar-refractivity contribution in [3.8, 4) is 5.75 Å². The molecule has 0 amide bonds. The average molecular weight is 291 g/mol. The third kappa shape index (κ3) is 3.95. The van der Waals surface area contributed by atoms with E-state index in [1.807, 2.05) is 37.5 Å². The van der Waals surface area contributed by atoms with Crippen LogP contribution in [0.4, 0.5) is 0 Å². The van der Waals surface area contributed by atoms with E-state index in [1.54, 1.807) is 0 Å². The van der Waals surface area contributed by atoms with Gasteiger partial charge < -0.3 is 10.1 Å². The Morgan fingerprint density at radius 3 is 2.90 bits per heavy atom. The van der Waals surface area contributed by atoms with Gasteiger partial charge in [-0.1, -0.05) is 30.7 Å². The number of aryl methyl sites for hydroxylation is 1. The van der Waals surface area contributed by atoms with Crippen molar-refractivity contribution in [2.75, 3.05) is 6.54 Å². The van der Waals surface area contributed by atoms with E-state index in [0.717, 1.165) is 35.5 Å². The summed E-state index contributed by atoms with van der Waals surface area (Å²) in [4.78, 5) is 4.17. The minimum Gasteiger partial charge on any atom is -0.487 e. The Labute approximate surface area is 124 Å². The molecule has 1 aromatic heterocycles. The second kappa shape index (κ2) is 7.27. The molecule has 0 saturated heterocycles. The van der Waals surface area contributed by atoms with Crippen LogP contribution in [-0.4, -0.2) is 11.5 Å². The zero-order valence-electron chi connectivity index (χ0n) is 11.8. The summed E-state index contributed by atoms with van der Waals surface area (Å²) in [5.74, 6) is 0.747. The van der Waals surface area contributed by atoms with Crippen molar-refractivity contribution in [2.24, 2.45) is 0 Å². The molecule has 106 valence electrons. The molecule has 1 heterocycles. The van der Waals surface area contributed by atoms with Crippen molar-refractivity contribution >= 4 is 11.6 Å². The number of hydrogen-bond acceptors (Lipinski definition) is 3. The number of nitrogens with zero attached hydrogens (tertiary/aromatic N) is 1. The maximum atomic E-state index is 6.24. The van der Waals surface area contributed by atoms with Crippen LogP contribution in [0.15, 0.2) is 36.7 Å². The van der Waals surface area contributed by atoms with Crippen LogP contribution in [0.1, 0.15) is 23.6 Å². The Hall–Kier alpha value is -1.58. The van der Waals surface area contributed by atoms with Gasteiger partial charge in [0.25, 0.3) is 0 Å². The number of halogens is 1. The first-order valence-electron chi connectivity index (χ1n) is 6.72. The monoisotopic (exact) mass is 290 g/mol. The number of aromatic nitrogens is 1. The van der Waals surface area contributed by atoms with Crippen LogP contribution in [0, 0.1) is 6.92 Å². The summed E-state index contributed by atoms with van der Waals surface area (Å²) in [6, 6.07) is 7.88. The molecule has 2 aromatic rings. The van der Waals surface area contributed by atoms with Gasteiger partial charge in [0.05, 0.1) is 5.02 Å². The summed E-state index contributed by atoms with van der Waals surface area (Å²) in [5.41, 5.74) is 3.23. The molecule has 0 fully saturated rings. The molecule has 0 aliphatic rings. The first-order valence-corrected chi connectivity index (χ1v) is 7.10. The molecule has 0 aliphatic carbocycles. The lowest BCUT2D eigenvalue weighted by Crippen LogP contribution is -2.13. The molecule has 0 aliphatic heterocycles. The highest BCUT2D eigenvalue weighted by Crippen LogP contribution is 2.29. The summed E-state index contributed by atoms with van der Waals surface area (Å²) in [6.45, 7) is 6.22. The maximum absolute atomic E-state index is 6.24. The second-order valence-electron chi connectivity index (χ2n) is 4.67. The molecular formula is C16H19ClN2O. The molecule has 0 bridgehead atoms. The molecule has 0 saturated carbocycles. The lowest BCUT2D eigenvalue weighted by molar-refractivity contribution is 0.302.